The van der Waals surface area contributed by atoms with Gasteiger partial charge in [0.25, 0.3) is 0 Å². The monoisotopic (exact) mass is 459 g/mol. The van der Waals surface area contributed by atoms with E-state index >= 15 is 0 Å². The Balaban J connectivity index is 2.20. The molecule has 10 heteroatoms. The number of carbonyl (C=O) groups excluding carboxylic acids is 1. The van der Waals surface area contributed by atoms with Gasteiger partial charge in [0.05, 0.1) is 40.0 Å². The summed E-state index contributed by atoms with van der Waals surface area (Å²) >= 11 is 12.1. The molecule has 0 aliphatic heterocycles. The number of anilines is 2. The SMILES string of the molecule is CCN(CC)S(=O)(=O)c1ccc(OC)c(NC(=O)CNc2cccc(Cl)c2Cl)c1. The van der Waals surface area contributed by atoms with Crippen LogP contribution in [0.2, 0.25) is 10.0 Å². The zero-order valence-corrected chi connectivity index (χ0v) is 18.7. The van der Waals surface area contributed by atoms with Crippen molar-refractivity contribution in [3.05, 3.63) is 46.4 Å². The van der Waals surface area contributed by atoms with Gasteiger partial charge in [-0.3, -0.25) is 4.79 Å². The molecule has 2 N–H and O–H groups in total. The summed E-state index contributed by atoms with van der Waals surface area (Å²) in [6.07, 6.45) is 0. The van der Waals surface area contributed by atoms with E-state index in [0.717, 1.165) is 0 Å². The number of methoxy groups -OCH3 is 1. The van der Waals surface area contributed by atoms with Crippen molar-refractivity contribution in [3.8, 4) is 5.75 Å². The quantitative estimate of drug-likeness (QED) is 0.589. The summed E-state index contributed by atoms with van der Waals surface area (Å²) in [5, 5.41) is 6.25. The van der Waals surface area contributed by atoms with Crippen LogP contribution in [-0.2, 0) is 14.8 Å². The van der Waals surface area contributed by atoms with Gasteiger partial charge in [0.2, 0.25) is 15.9 Å². The fourth-order valence-electron chi connectivity index (χ4n) is 2.67. The van der Waals surface area contributed by atoms with Crippen LogP contribution in [0.5, 0.6) is 5.75 Å². The molecule has 0 fully saturated rings. The topological polar surface area (TPSA) is 87.7 Å². The van der Waals surface area contributed by atoms with Crippen LogP contribution < -0.4 is 15.4 Å². The number of halogens is 2. The molecule has 0 saturated carbocycles. The Morgan fingerprint density at radius 2 is 1.79 bits per heavy atom. The average Bonchev–Trinajstić information content (AvgIpc) is 2.69. The molecule has 0 aromatic heterocycles. The Morgan fingerprint density at radius 1 is 1.10 bits per heavy atom. The highest BCUT2D eigenvalue weighted by atomic mass is 35.5. The Bertz CT molecular complexity index is 979. The van der Waals surface area contributed by atoms with E-state index < -0.39 is 15.9 Å². The van der Waals surface area contributed by atoms with Gasteiger partial charge in [-0.25, -0.2) is 8.42 Å². The number of nitrogens with zero attached hydrogens (tertiary/aromatic N) is 1. The van der Waals surface area contributed by atoms with Gasteiger partial charge >= 0.3 is 0 Å². The summed E-state index contributed by atoms with van der Waals surface area (Å²) in [5.74, 6) is -0.0608. The molecule has 2 aromatic rings. The van der Waals surface area contributed by atoms with E-state index in [4.69, 9.17) is 27.9 Å². The van der Waals surface area contributed by atoms with Crippen LogP contribution >= 0.6 is 23.2 Å². The van der Waals surface area contributed by atoms with E-state index in [1.807, 2.05) is 0 Å². The van der Waals surface area contributed by atoms with Crippen LogP contribution in [0.3, 0.4) is 0 Å². The maximum atomic E-state index is 12.7. The van der Waals surface area contributed by atoms with Gasteiger partial charge < -0.3 is 15.4 Å². The minimum atomic E-state index is -3.67. The molecule has 2 rings (SSSR count). The molecule has 0 spiro atoms. The maximum absolute atomic E-state index is 12.7. The van der Waals surface area contributed by atoms with Crippen LogP contribution in [-0.4, -0.2) is 45.4 Å². The lowest BCUT2D eigenvalue weighted by atomic mass is 10.3. The second-order valence-electron chi connectivity index (χ2n) is 5.95. The first-order valence-corrected chi connectivity index (χ1v) is 11.1. The smallest absolute Gasteiger partial charge is 0.243 e. The summed E-state index contributed by atoms with van der Waals surface area (Å²) < 4.78 is 32.1. The van der Waals surface area contributed by atoms with Crippen molar-refractivity contribution < 1.29 is 17.9 Å². The van der Waals surface area contributed by atoms with Crippen molar-refractivity contribution in [2.75, 3.05) is 37.4 Å². The fourth-order valence-corrected chi connectivity index (χ4v) is 4.52. The lowest BCUT2D eigenvalue weighted by molar-refractivity contribution is -0.114. The fraction of sp³-hybridized carbons (Fsp3) is 0.316. The van der Waals surface area contributed by atoms with Gasteiger partial charge in [0.15, 0.2) is 0 Å². The first kappa shape index (κ1) is 23.3. The zero-order valence-electron chi connectivity index (χ0n) is 16.3. The summed E-state index contributed by atoms with van der Waals surface area (Å²) in [6, 6.07) is 9.39. The van der Waals surface area contributed by atoms with Crippen molar-refractivity contribution >= 4 is 50.5 Å². The Morgan fingerprint density at radius 3 is 2.41 bits per heavy atom. The third kappa shape index (κ3) is 5.54. The molecule has 0 aliphatic rings. The summed E-state index contributed by atoms with van der Waals surface area (Å²) in [5.41, 5.74) is 0.767. The highest BCUT2D eigenvalue weighted by Gasteiger charge is 2.23. The molecule has 0 saturated heterocycles. The number of amides is 1. The highest BCUT2D eigenvalue weighted by molar-refractivity contribution is 7.89. The molecule has 0 aliphatic carbocycles. The number of hydrogen-bond donors (Lipinski definition) is 2. The minimum Gasteiger partial charge on any atom is -0.495 e. The Kier molecular flexibility index (Phi) is 8.15. The maximum Gasteiger partial charge on any atom is 0.243 e. The first-order valence-electron chi connectivity index (χ1n) is 8.90. The molecule has 0 bridgehead atoms. The normalized spacial score (nSPS) is 11.4. The van der Waals surface area contributed by atoms with E-state index in [-0.39, 0.29) is 17.1 Å². The summed E-state index contributed by atoms with van der Waals surface area (Å²) in [7, 11) is -2.23. The number of sulfonamides is 1. The number of ether oxygens (including phenoxy) is 1. The van der Waals surface area contributed by atoms with E-state index in [0.29, 0.717) is 34.6 Å². The predicted octanol–water partition coefficient (Wildman–Crippen LogP) is 4.08. The summed E-state index contributed by atoms with van der Waals surface area (Å²) in [6.45, 7) is 4.11. The Labute approximate surface area is 181 Å². The molecule has 29 heavy (non-hydrogen) atoms. The molecule has 1 amide bonds. The van der Waals surface area contributed by atoms with E-state index in [1.165, 1.54) is 29.6 Å². The molecule has 2 aromatic carbocycles. The van der Waals surface area contributed by atoms with Gasteiger partial charge in [0, 0.05) is 13.1 Å². The third-order valence-electron chi connectivity index (χ3n) is 4.18. The Hall–Kier alpha value is -2.00. The lowest BCUT2D eigenvalue weighted by Gasteiger charge is -2.19. The third-order valence-corrected chi connectivity index (χ3v) is 7.04. The molecule has 0 atom stereocenters. The van der Waals surface area contributed by atoms with E-state index in [2.05, 4.69) is 10.6 Å². The largest absolute Gasteiger partial charge is 0.495 e. The molecule has 0 radical (unpaired) electrons. The van der Waals surface area contributed by atoms with Crippen LogP contribution in [0.1, 0.15) is 13.8 Å². The average molecular weight is 460 g/mol. The number of benzene rings is 2. The lowest BCUT2D eigenvalue weighted by Crippen LogP contribution is -2.30. The van der Waals surface area contributed by atoms with Crippen LogP contribution in [0.15, 0.2) is 41.3 Å². The van der Waals surface area contributed by atoms with Crippen molar-refractivity contribution in [1.82, 2.24) is 4.31 Å². The standard InChI is InChI=1S/C19H23Cl2N3O4S/c1-4-24(5-2)29(26,27)13-9-10-17(28-3)16(11-13)23-18(25)12-22-15-8-6-7-14(20)19(15)21/h6-11,22H,4-5,12H2,1-3H3,(H,23,25). The number of rotatable bonds is 9. The van der Waals surface area contributed by atoms with Crippen molar-refractivity contribution in [1.29, 1.82) is 0 Å². The van der Waals surface area contributed by atoms with Gasteiger partial charge in [-0.1, -0.05) is 43.1 Å². The second-order valence-corrected chi connectivity index (χ2v) is 8.68. The van der Waals surface area contributed by atoms with Crippen molar-refractivity contribution in [2.24, 2.45) is 0 Å². The summed E-state index contributed by atoms with van der Waals surface area (Å²) in [4.78, 5) is 12.5. The first-order chi connectivity index (χ1) is 13.7. The van der Waals surface area contributed by atoms with Crippen LogP contribution in [0, 0.1) is 0 Å². The molecule has 0 heterocycles. The van der Waals surface area contributed by atoms with Gasteiger partial charge in [0.1, 0.15) is 5.75 Å². The van der Waals surface area contributed by atoms with Gasteiger partial charge in [-0.15, -0.1) is 0 Å². The van der Waals surface area contributed by atoms with Gasteiger partial charge in [-0.2, -0.15) is 4.31 Å². The molecular weight excluding hydrogens is 437 g/mol. The van der Waals surface area contributed by atoms with E-state index in [1.54, 1.807) is 32.0 Å². The zero-order chi connectivity index (χ0) is 21.6. The van der Waals surface area contributed by atoms with Crippen LogP contribution in [0.25, 0.3) is 0 Å². The molecular formula is C19H23Cl2N3O4S. The number of hydrogen-bond acceptors (Lipinski definition) is 5. The highest BCUT2D eigenvalue weighted by Crippen LogP contribution is 2.30. The second kappa shape index (κ2) is 10.2. The molecule has 158 valence electrons. The van der Waals surface area contributed by atoms with Gasteiger partial charge in [-0.05, 0) is 30.3 Å². The van der Waals surface area contributed by atoms with Crippen molar-refractivity contribution in [2.45, 2.75) is 18.7 Å². The minimum absolute atomic E-state index is 0.0724. The van der Waals surface area contributed by atoms with E-state index in [9.17, 15) is 13.2 Å². The van der Waals surface area contributed by atoms with Crippen LogP contribution in [0.4, 0.5) is 11.4 Å². The number of carbonyl (C=O) groups is 1. The predicted molar refractivity (Wildman–Crippen MR) is 117 cm³/mol. The van der Waals surface area contributed by atoms with Crippen molar-refractivity contribution in [3.63, 3.8) is 0 Å². The molecule has 7 nitrogen and oxygen atoms in total. The molecule has 0 unspecified atom stereocenters. The number of nitrogens with one attached hydrogen (secondary N) is 2.